The molecule has 1 saturated heterocycles. The van der Waals surface area contributed by atoms with Crippen molar-refractivity contribution in [3.8, 4) is 11.5 Å². The summed E-state index contributed by atoms with van der Waals surface area (Å²) >= 11 is 0. The highest BCUT2D eigenvalue weighted by molar-refractivity contribution is 6.00. The van der Waals surface area contributed by atoms with E-state index in [1.54, 1.807) is 35.1 Å². The van der Waals surface area contributed by atoms with Crippen LogP contribution in [0.25, 0.3) is 10.9 Å². The van der Waals surface area contributed by atoms with Crippen LogP contribution < -0.4 is 9.47 Å². The van der Waals surface area contributed by atoms with Gasteiger partial charge in [0.25, 0.3) is 11.8 Å². The van der Waals surface area contributed by atoms with Crippen molar-refractivity contribution in [3.05, 3.63) is 58.8 Å². The molecule has 162 valence electrons. The minimum atomic E-state index is -0.125. The van der Waals surface area contributed by atoms with Gasteiger partial charge in [0, 0.05) is 37.1 Å². The van der Waals surface area contributed by atoms with Crippen LogP contribution >= 0.6 is 0 Å². The van der Waals surface area contributed by atoms with Gasteiger partial charge < -0.3 is 24.3 Å². The topological polar surface area (TPSA) is 74.9 Å². The van der Waals surface area contributed by atoms with E-state index in [0.717, 1.165) is 10.9 Å². The maximum atomic E-state index is 13.1. The van der Waals surface area contributed by atoms with Crippen molar-refractivity contribution in [1.29, 1.82) is 0 Å². The normalized spacial score (nSPS) is 14.1. The Balaban J connectivity index is 1.47. The third kappa shape index (κ3) is 3.71. The number of fused-ring (bicyclic) bond motifs is 1. The SMILES string of the molecule is COc1cccc(C(=O)N2CCN(C(=O)c3cc4c(C)c(C)ccc4[nH]3)CC2)c1OC. The lowest BCUT2D eigenvalue weighted by molar-refractivity contribution is 0.0530. The van der Waals surface area contributed by atoms with Gasteiger partial charge in [0.05, 0.1) is 19.8 Å². The second-order valence-electron chi connectivity index (χ2n) is 7.78. The van der Waals surface area contributed by atoms with Crippen LogP contribution in [0.3, 0.4) is 0 Å². The number of para-hydroxylation sites is 1. The molecule has 1 aliphatic heterocycles. The molecule has 0 saturated carbocycles. The summed E-state index contributed by atoms with van der Waals surface area (Å²) in [6.07, 6.45) is 0. The molecule has 0 aliphatic carbocycles. The Bertz CT molecular complexity index is 1140. The number of aromatic nitrogens is 1. The first-order valence-electron chi connectivity index (χ1n) is 10.3. The Labute approximate surface area is 181 Å². The molecule has 0 bridgehead atoms. The number of hydrogen-bond acceptors (Lipinski definition) is 4. The predicted molar refractivity (Wildman–Crippen MR) is 119 cm³/mol. The van der Waals surface area contributed by atoms with Crippen LogP contribution in [0.15, 0.2) is 36.4 Å². The molecule has 7 nitrogen and oxygen atoms in total. The van der Waals surface area contributed by atoms with Crippen LogP contribution in [0.1, 0.15) is 32.0 Å². The Morgan fingerprint density at radius 3 is 2.23 bits per heavy atom. The van der Waals surface area contributed by atoms with E-state index in [1.807, 2.05) is 12.1 Å². The minimum Gasteiger partial charge on any atom is -0.493 e. The lowest BCUT2D eigenvalue weighted by Crippen LogP contribution is -2.50. The number of nitrogens with one attached hydrogen (secondary N) is 1. The third-order valence-corrected chi connectivity index (χ3v) is 6.06. The van der Waals surface area contributed by atoms with Gasteiger partial charge in [-0.2, -0.15) is 0 Å². The van der Waals surface area contributed by atoms with E-state index in [0.29, 0.717) is 48.9 Å². The summed E-state index contributed by atoms with van der Waals surface area (Å²) in [5, 5.41) is 1.07. The number of hydrogen-bond donors (Lipinski definition) is 1. The van der Waals surface area contributed by atoms with Gasteiger partial charge in [-0.05, 0) is 49.2 Å². The summed E-state index contributed by atoms with van der Waals surface area (Å²) in [6.45, 7) is 6.01. The van der Waals surface area contributed by atoms with Gasteiger partial charge in [0.1, 0.15) is 5.69 Å². The number of benzene rings is 2. The first-order valence-corrected chi connectivity index (χ1v) is 10.3. The van der Waals surface area contributed by atoms with Gasteiger partial charge in [-0.1, -0.05) is 12.1 Å². The second-order valence-corrected chi connectivity index (χ2v) is 7.78. The molecule has 1 fully saturated rings. The first kappa shape index (κ1) is 20.8. The maximum absolute atomic E-state index is 13.1. The van der Waals surface area contributed by atoms with Gasteiger partial charge in [0.15, 0.2) is 11.5 Å². The van der Waals surface area contributed by atoms with E-state index >= 15 is 0 Å². The highest BCUT2D eigenvalue weighted by Gasteiger charge is 2.28. The zero-order chi connectivity index (χ0) is 22.1. The number of methoxy groups -OCH3 is 2. The van der Waals surface area contributed by atoms with Gasteiger partial charge in [-0.25, -0.2) is 0 Å². The monoisotopic (exact) mass is 421 g/mol. The number of aromatic amines is 1. The molecule has 2 aromatic carbocycles. The number of amides is 2. The number of H-pyrrole nitrogens is 1. The molecule has 1 aliphatic rings. The molecule has 2 heterocycles. The Morgan fingerprint density at radius 2 is 1.58 bits per heavy atom. The van der Waals surface area contributed by atoms with Crippen molar-refractivity contribution in [2.24, 2.45) is 0 Å². The fourth-order valence-electron chi connectivity index (χ4n) is 4.08. The number of piperazine rings is 1. The molecule has 0 spiro atoms. The first-order chi connectivity index (χ1) is 14.9. The van der Waals surface area contributed by atoms with Gasteiger partial charge in [-0.3, -0.25) is 9.59 Å². The lowest BCUT2D eigenvalue weighted by Gasteiger charge is -2.34. The maximum Gasteiger partial charge on any atom is 0.270 e. The average Bonchev–Trinajstić information content (AvgIpc) is 3.25. The lowest BCUT2D eigenvalue weighted by atomic mass is 10.1. The van der Waals surface area contributed by atoms with Crippen molar-refractivity contribution >= 4 is 22.7 Å². The van der Waals surface area contributed by atoms with Crippen molar-refractivity contribution in [2.75, 3.05) is 40.4 Å². The summed E-state index contributed by atoms with van der Waals surface area (Å²) in [6, 6.07) is 11.3. The quantitative estimate of drug-likeness (QED) is 0.701. The summed E-state index contributed by atoms with van der Waals surface area (Å²) < 4.78 is 10.7. The van der Waals surface area contributed by atoms with E-state index in [-0.39, 0.29) is 11.8 Å². The Hall–Kier alpha value is -3.48. The summed E-state index contributed by atoms with van der Waals surface area (Å²) in [5.41, 5.74) is 4.38. The molecule has 1 aromatic heterocycles. The van der Waals surface area contributed by atoms with Crippen LogP contribution in [0, 0.1) is 13.8 Å². The zero-order valence-electron chi connectivity index (χ0n) is 18.3. The Kier molecular flexibility index (Phi) is 5.59. The van der Waals surface area contributed by atoms with Gasteiger partial charge in [0.2, 0.25) is 0 Å². The number of carbonyl (C=O) groups excluding carboxylic acids is 2. The molecule has 7 heteroatoms. The van der Waals surface area contributed by atoms with E-state index in [1.165, 1.54) is 18.2 Å². The highest BCUT2D eigenvalue weighted by atomic mass is 16.5. The van der Waals surface area contributed by atoms with E-state index in [4.69, 9.17) is 9.47 Å². The van der Waals surface area contributed by atoms with E-state index in [2.05, 4.69) is 24.9 Å². The molecule has 1 N–H and O–H groups in total. The molecular formula is C24H27N3O4. The molecule has 4 rings (SSSR count). The fourth-order valence-corrected chi connectivity index (χ4v) is 4.08. The number of carbonyl (C=O) groups is 2. The van der Waals surface area contributed by atoms with E-state index < -0.39 is 0 Å². The molecule has 0 radical (unpaired) electrons. The molecule has 0 atom stereocenters. The van der Waals surface area contributed by atoms with Crippen LogP contribution in [0.2, 0.25) is 0 Å². The van der Waals surface area contributed by atoms with Crippen molar-refractivity contribution in [3.63, 3.8) is 0 Å². The third-order valence-electron chi connectivity index (χ3n) is 6.06. The van der Waals surface area contributed by atoms with Crippen LogP contribution in [-0.2, 0) is 0 Å². The average molecular weight is 421 g/mol. The largest absolute Gasteiger partial charge is 0.493 e. The molecule has 2 amide bonds. The zero-order valence-corrected chi connectivity index (χ0v) is 18.3. The number of ether oxygens (including phenoxy) is 2. The fraction of sp³-hybridized carbons (Fsp3) is 0.333. The second kappa shape index (κ2) is 8.34. The smallest absolute Gasteiger partial charge is 0.270 e. The molecular weight excluding hydrogens is 394 g/mol. The summed E-state index contributed by atoms with van der Waals surface area (Å²) in [7, 11) is 3.07. The minimum absolute atomic E-state index is 0.0423. The number of nitrogens with zero attached hydrogens (tertiary/aromatic N) is 2. The van der Waals surface area contributed by atoms with Crippen LogP contribution in [0.4, 0.5) is 0 Å². The summed E-state index contributed by atoms with van der Waals surface area (Å²) in [5.74, 6) is 0.780. The standard InChI is InChI=1S/C24H27N3O4/c1-15-8-9-19-18(16(15)2)14-20(25-19)24(29)27-12-10-26(11-13-27)23(28)17-6-5-7-21(30-3)22(17)31-4/h5-9,14,25H,10-13H2,1-4H3. The predicted octanol–water partition coefficient (Wildman–Crippen LogP) is 3.40. The van der Waals surface area contributed by atoms with Crippen molar-refractivity contribution in [1.82, 2.24) is 14.8 Å². The van der Waals surface area contributed by atoms with Gasteiger partial charge in [-0.15, -0.1) is 0 Å². The van der Waals surface area contributed by atoms with Crippen LogP contribution in [0.5, 0.6) is 11.5 Å². The molecule has 31 heavy (non-hydrogen) atoms. The summed E-state index contributed by atoms with van der Waals surface area (Å²) in [4.78, 5) is 32.9. The molecule has 3 aromatic rings. The Morgan fingerprint density at radius 1 is 0.903 bits per heavy atom. The van der Waals surface area contributed by atoms with Crippen molar-refractivity contribution in [2.45, 2.75) is 13.8 Å². The number of rotatable bonds is 4. The van der Waals surface area contributed by atoms with Gasteiger partial charge >= 0.3 is 0 Å². The number of aryl methyl sites for hydroxylation is 2. The van der Waals surface area contributed by atoms with Crippen LogP contribution in [-0.4, -0.2) is 67.0 Å². The van der Waals surface area contributed by atoms with Crippen molar-refractivity contribution < 1.29 is 19.1 Å². The highest BCUT2D eigenvalue weighted by Crippen LogP contribution is 2.31. The van der Waals surface area contributed by atoms with E-state index in [9.17, 15) is 9.59 Å². The molecule has 0 unspecified atom stereocenters.